The van der Waals surface area contributed by atoms with Crippen molar-refractivity contribution >= 4 is 40.7 Å². The molecule has 0 saturated carbocycles. The fourth-order valence-electron chi connectivity index (χ4n) is 2.65. The number of methoxy groups -OCH3 is 1. The zero-order chi connectivity index (χ0) is 23.1. The Bertz CT molecular complexity index is 1090. The predicted molar refractivity (Wildman–Crippen MR) is 117 cm³/mol. The van der Waals surface area contributed by atoms with Gasteiger partial charge in [0, 0.05) is 12.1 Å². The third-order valence-corrected chi connectivity index (χ3v) is 5.29. The minimum absolute atomic E-state index is 0.00604. The molecule has 11 nitrogen and oxygen atoms in total. The average Bonchev–Trinajstić information content (AvgIpc) is 3.11. The largest absolute Gasteiger partial charge is 0.493 e. The van der Waals surface area contributed by atoms with Gasteiger partial charge in [0.15, 0.2) is 16.7 Å². The molecule has 0 aromatic heterocycles. The number of nitro groups is 1. The van der Waals surface area contributed by atoms with Crippen molar-refractivity contribution in [3.63, 3.8) is 0 Å². The first-order valence-corrected chi connectivity index (χ1v) is 10.1. The second-order valence-electron chi connectivity index (χ2n) is 6.47. The van der Waals surface area contributed by atoms with Crippen molar-refractivity contribution < 1.29 is 29.1 Å². The monoisotopic (exact) mass is 458 g/mol. The first kappa shape index (κ1) is 22.7. The van der Waals surface area contributed by atoms with Gasteiger partial charge in [0.25, 0.3) is 5.69 Å². The highest BCUT2D eigenvalue weighted by Crippen LogP contribution is 2.29. The maximum absolute atomic E-state index is 11.7. The standard InChI is InChI=1S/C20H18N4O7S/c1-30-16-8-13(10-21-23-20-22-19(27)17(32-20)9-18(25)26)4-7-15(16)31-11-12-2-5-14(6-3-12)24(28)29/h2-8,10,17H,9,11H2,1H3,(H,25,26)(H,22,23,27). The molecule has 0 aliphatic carbocycles. The molecule has 1 atom stereocenters. The SMILES string of the molecule is COc1cc(C=NN=C2NC(=O)C(CC(=O)O)S2)ccc1OCc1ccc([N+](=O)[O-])cc1. The molecule has 1 amide bonds. The molecule has 12 heteroatoms. The molecular weight excluding hydrogens is 440 g/mol. The number of nitro benzene ring substituents is 1. The lowest BCUT2D eigenvalue weighted by Crippen LogP contribution is -2.26. The first-order chi connectivity index (χ1) is 15.4. The van der Waals surface area contributed by atoms with E-state index in [1.165, 1.54) is 25.5 Å². The highest BCUT2D eigenvalue weighted by atomic mass is 32.2. The van der Waals surface area contributed by atoms with Crippen LogP contribution in [0.25, 0.3) is 0 Å². The van der Waals surface area contributed by atoms with Crippen molar-refractivity contribution in [3.8, 4) is 11.5 Å². The van der Waals surface area contributed by atoms with Crippen molar-refractivity contribution in [2.24, 2.45) is 10.2 Å². The molecule has 1 saturated heterocycles. The second kappa shape index (κ2) is 10.4. The van der Waals surface area contributed by atoms with Crippen molar-refractivity contribution in [1.29, 1.82) is 0 Å². The lowest BCUT2D eigenvalue weighted by Gasteiger charge is -2.11. The Morgan fingerprint density at radius 1 is 1.28 bits per heavy atom. The minimum atomic E-state index is -1.06. The van der Waals surface area contributed by atoms with E-state index in [0.717, 1.165) is 17.3 Å². The number of nitrogens with zero attached hydrogens (tertiary/aromatic N) is 3. The van der Waals surface area contributed by atoms with Crippen molar-refractivity contribution in [3.05, 3.63) is 63.7 Å². The summed E-state index contributed by atoms with van der Waals surface area (Å²) in [7, 11) is 1.49. The molecule has 1 fully saturated rings. The molecule has 1 aliphatic heterocycles. The number of hydrogen-bond donors (Lipinski definition) is 2. The Hall–Kier alpha value is -3.93. The molecular formula is C20H18N4O7S. The molecule has 0 spiro atoms. The van der Waals surface area contributed by atoms with E-state index >= 15 is 0 Å². The molecule has 166 valence electrons. The topological polar surface area (TPSA) is 153 Å². The molecule has 1 aliphatic rings. The van der Waals surface area contributed by atoms with E-state index in [2.05, 4.69) is 15.5 Å². The van der Waals surface area contributed by atoms with Gasteiger partial charge in [0.1, 0.15) is 11.9 Å². The summed E-state index contributed by atoms with van der Waals surface area (Å²) in [5, 5.41) is 29.3. The van der Waals surface area contributed by atoms with Gasteiger partial charge in [-0.3, -0.25) is 19.7 Å². The van der Waals surface area contributed by atoms with Gasteiger partial charge >= 0.3 is 5.97 Å². The van der Waals surface area contributed by atoms with Gasteiger partial charge in [-0.05, 0) is 41.5 Å². The number of carboxylic acid groups (broad SMARTS) is 1. The van der Waals surface area contributed by atoms with Crippen molar-refractivity contribution in [2.75, 3.05) is 7.11 Å². The summed E-state index contributed by atoms with van der Waals surface area (Å²) in [4.78, 5) is 32.7. The van der Waals surface area contributed by atoms with Crippen LogP contribution in [0.15, 0.2) is 52.7 Å². The van der Waals surface area contributed by atoms with Crippen LogP contribution >= 0.6 is 11.8 Å². The number of ether oxygens (including phenoxy) is 2. The van der Waals surface area contributed by atoms with Crippen LogP contribution in [0.4, 0.5) is 5.69 Å². The highest BCUT2D eigenvalue weighted by molar-refractivity contribution is 8.15. The quantitative estimate of drug-likeness (QED) is 0.330. The van der Waals surface area contributed by atoms with E-state index in [0.29, 0.717) is 17.1 Å². The van der Waals surface area contributed by atoms with Crippen LogP contribution in [0.5, 0.6) is 11.5 Å². The van der Waals surface area contributed by atoms with Crippen LogP contribution < -0.4 is 14.8 Å². The molecule has 32 heavy (non-hydrogen) atoms. The zero-order valence-corrected chi connectivity index (χ0v) is 17.6. The zero-order valence-electron chi connectivity index (χ0n) is 16.8. The number of carbonyl (C=O) groups is 2. The highest BCUT2D eigenvalue weighted by Gasteiger charge is 2.32. The molecule has 2 aromatic carbocycles. The second-order valence-corrected chi connectivity index (χ2v) is 7.66. The Kier molecular flexibility index (Phi) is 7.39. The Labute approximate surface area is 186 Å². The number of amidine groups is 1. The van der Waals surface area contributed by atoms with Gasteiger partial charge in [-0.15, -0.1) is 5.10 Å². The number of non-ortho nitro benzene ring substituents is 1. The number of amides is 1. The molecule has 0 bridgehead atoms. The minimum Gasteiger partial charge on any atom is -0.493 e. The number of rotatable bonds is 9. The van der Waals surface area contributed by atoms with Gasteiger partial charge in [-0.25, -0.2) is 0 Å². The van der Waals surface area contributed by atoms with Crippen LogP contribution in [0, 0.1) is 10.1 Å². The van der Waals surface area contributed by atoms with Crippen LogP contribution in [0.2, 0.25) is 0 Å². The van der Waals surface area contributed by atoms with Gasteiger partial charge in [0.2, 0.25) is 5.91 Å². The Morgan fingerprint density at radius 3 is 2.69 bits per heavy atom. The third-order valence-electron chi connectivity index (χ3n) is 4.22. The number of thioether (sulfide) groups is 1. The average molecular weight is 458 g/mol. The number of nitrogens with one attached hydrogen (secondary N) is 1. The fraction of sp³-hybridized carbons (Fsp3) is 0.200. The van der Waals surface area contributed by atoms with Crippen molar-refractivity contribution in [1.82, 2.24) is 5.32 Å². The Morgan fingerprint density at radius 2 is 2.03 bits per heavy atom. The van der Waals surface area contributed by atoms with Gasteiger partial charge < -0.3 is 19.9 Å². The van der Waals surface area contributed by atoms with E-state index in [1.54, 1.807) is 30.3 Å². The summed E-state index contributed by atoms with van der Waals surface area (Å²) in [5.41, 5.74) is 1.42. The van der Waals surface area contributed by atoms with E-state index < -0.39 is 22.0 Å². The van der Waals surface area contributed by atoms with Gasteiger partial charge in [-0.2, -0.15) is 5.10 Å². The number of aliphatic carboxylic acids is 1. The first-order valence-electron chi connectivity index (χ1n) is 9.20. The lowest BCUT2D eigenvalue weighted by atomic mass is 10.2. The summed E-state index contributed by atoms with van der Waals surface area (Å²) in [5.74, 6) is -0.550. The number of benzene rings is 2. The van der Waals surface area contributed by atoms with Crippen LogP contribution in [-0.2, 0) is 16.2 Å². The van der Waals surface area contributed by atoms with Crippen LogP contribution in [0.1, 0.15) is 17.5 Å². The summed E-state index contributed by atoms with van der Waals surface area (Å²) in [6, 6.07) is 11.1. The number of carboxylic acids is 1. The maximum Gasteiger partial charge on any atom is 0.305 e. The summed E-state index contributed by atoms with van der Waals surface area (Å²) >= 11 is 1.01. The van der Waals surface area contributed by atoms with Crippen molar-refractivity contribution in [2.45, 2.75) is 18.3 Å². The molecule has 3 rings (SSSR count). The molecule has 1 unspecified atom stereocenters. The van der Waals surface area contributed by atoms with E-state index in [-0.39, 0.29) is 23.9 Å². The normalized spacial score (nSPS) is 16.8. The smallest absolute Gasteiger partial charge is 0.305 e. The van der Waals surface area contributed by atoms with E-state index in [9.17, 15) is 19.7 Å². The molecule has 1 heterocycles. The Balaban J connectivity index is 1.61. The van der Waals surface area contributed by atoms with Crippen LogP contribution in [-0.4, -0.2) is 45.6 Å². The number of hydrogen-bond acceptors (Lipinski definition) is 9. The van der Waals surface area contributed by atoms with Crippen LogP contribution in [0.3, 0.4) is 0 Å². The lowest BCUT2D eigenvalue weighted by molar-refractivity contribution is -0.384. The summed E-state index contributed by atoms with van der Waals surface area (Å²) in [6.07, 6.45) is 1.16. The van der Waals surface area contributed by atoms with Gasteiger partial charge in [0.05, 0.1) is 24.7 Å². The molecule has 2 N–H and O–H groups in total. The third kappa shape index (κ3) is 6.04. The fourth-order valence-corrected chi connectivity index (χ4v) is 3.57. The maximum atomic E-state index is 11.7. The molecule has 0 radical (unpaired) electrons. The van der Waals surface area contributed by atoms with Gasteiger partial charge in [-0.1, -0.05) is 11.8 Å². The van der Waals surface area contributed by atoms with E-state index in [4.69, 9.17) is 14.6 Å². The number of carbonyl (C=O) groups excluding carboxylic acids is 1. The summed E-state index contributed by atoms with van der Waals surface area (Å²) in [6.45, 7) is 0.198. The molecule has 2 aromatic rings. The summed E-state index contributed by atoms with van der Waals surface area (Å²) < 4.78 is 11.1. The van der Waals surface area contributed by atoms with E-state index in [1.807, 2.05) is 0 Å². The predicted octanol–water partition coefficient (Wildman–Crippen LogP) is 2.58.